The second kappa shape index (κ2) is 11.8. The van der Waals surface area contributed by atoms with Crippen LogP contribution in [0.2, 0.25) is 0 Å². The van der Waals surface area contributed by atoms with Gasteiger partial charge in [-0.05, 0) is 54.6 Å². The molecule has 1 aromatic heterocycles. The third-order valence-corrected chi connectivity index (χ3v) is 5.25. The van der Waals surface area contributed by atoms with Gasteiger partial charge in [0.15, 0.2) is 5.76 Å². The molecule has 2 amide bonds. The first-order valence-corrected chi connectivity index (χ1v) is 11.4. The SMILES string of the molecule is COCCOc1ccc2cc(C(=O)NCCOc3ccc(C(=O)Nc4ccccc4N)cc3)oc2c1. The van der Waals surface area contributed by atoms with Gasteiger partial charge in [0.25, 0.3) is 11.8 Å². The van der Waals surface area contributed by atoms with Crippen molar-refractivity contribution < 1.29 is 28.2 Å². The van der Waals surface area contributed by atoms with Crippen molar-refractivity contribution in [2.45, 2.75) is 0 Å². The molecule has 9 heteroatoms. The lowest BCUT2D eigenvalue weighted by atomic mass is 10.2. The normalized spacial score (nSPS) is 10.7. The molecular weight excluding hydrogens is 462 g/mol. The van der Waals surface area contributed by atoms with Gasteiger partial charge in [0.1, 0.15) is 30.3 Å². The fraction of sp³-hybridized carbons (Fsp3) is 0.185. The third-order valence-electron chi connectivity index (χ3n) is 5.25. The second-order valence-corrected chi connectivity index (χ2v) is 7.82. The fourth-order valence-electron chi connectivity index (χ4n) is 3.38. The predicted molar refractivity (Wildman–Crippen MR) is 137 cm³/mol. The number of hydrogen-bond donors (Lipinski definition) is 3. The van der Waals surface area contributed by atoms with Crippen molar-refractivity contribution in [3.63, 3.8) is 0 Å². The smallest absolute Gasteiger partial charge is 0.287 e. The molecule has 36 heavy (non-hydrogen) atoms. The van der Waals surface area contributed by atoms with Gasteiger partial charge in [0.2, 0.25) is 0 Å². The molecule has 0 saturated carbocycles. The predicted octanol–water partition coefficient (Wildman–Crippen LogP) is 4.10. The van der Waals surface area contributed by atoms with Crippen molar-refractivity contribution in [2.75, 3.05) is 44.5 Å². The summed E-state index contributed by atoms with van der Waals surface area (Å²) in [7, 11) is 1.61. The van der Waals surface area contributed by atoms with Crippen LogP contribution in [0.25, 0.3) is 11.0 Å². The Morgan fingerprint density at radius 1 is 0.861 bits per heavy atom. The molecule has 0 fully saturated rings. The zero-order valence-corrected chi connectivity index (χ0v) is 19.8. The van der Waals surface area contributed by atoms with Gasteiger partial charge in [-0.2, -0.15) is 0 Å². The summed E-state index contributed by atoms with van der Waals surface area (Å²) in [5.74, 6) is 0.801. The van der Waals surface area contributed by atoms with E-state index in [9.17, 15) is 9.59 Å². The Balaban J connectivity index is 1.23. The van der Waals surface area contributed by atoms with Crippen LogP contribution >= 0.6 is 0 Å². The Hall–Kier alpha value is -4.50. The van der Waals surface area contributed by atoms with Crippen molar-refractivity contribution in [1.82, 2.24) is 5.32 Å². The number of rotatable bonds is 11. The van der Waals surface area contributed by atoms with E-state index < -0.39 is 0 Å². The van der Waals surface area contributed by atoms with E-state index in [1.165, 1.54) is 0 Å². The van der Waals surface area contributed by atoms with E-state index in [-0.39, 0.29) is 30.7 Å². The highest BCUT2D eigenvalue weighted by Gasteiger charge is 2.13. The summed E-state index contributed by atoms with van der Waals surface area (Å²) in [4.78, 5) is 24.9. The molecule has 1 heterocycles. The van der Waals surface area contributed by atoms with Gasteiger partial charge < -0.3 is 35.0 Å². The van der Waals surface area contributed by atoms with Crippen LogP contribution in [0.5, 0.6) is 11.5 Å². The third kappa shape index (κ3) is 6.34. The van der Waals surface area contributed by atoms with Gasteiger partial charge in [-0.3, -0.25) is 9.59 Å². The second-order valence-electron chi connectivity index (χ2n) is 7.82. The van der Waals surface area contributed by atoms with Crippen LogP contribution in [0.3, 0.4) is 0 Å². The monoisotopic (exact) mass is 489 g/mol. The first-order valence-electron chi connectivity index (χ1n) is 11.4. The van der Waals surface area contributed by atoms with E-state index in [1.807, 2.05) is 12.1 Å². The number of ether oxygens (including phenoxy) is 3. The maximum absolute atomic E-state index is 12.5. The van der Waals surface area contributed by atoms with Gasteiger partial charge in [-0.25, -0.2) is 0 Å². The number of hydrogen-bond acceptors (Lipinski definition) is 7. The highest BCUT2D eigenvalue weighted by Crippen LogP contribution is 2.24. The van der Waals surface area contributed by atoms with Crippen molar-refractivity contribution >= 4 is 34.2 Å². The molecule has 0 unspecified atom stereocenters. The van der Waals surface area contributed by atoms with Crippen LogP contribution in [0, 0.1) is 0 Å². The molecular formula is C27H27N3O6. The van der Waals surface area contributed by atoms with Crippen LogP contribution in [0.15, 0.2) is 77.2 Å². The van der Waals surface area contributed by atoms with Crippen LogP contribution in [0.4, 0.5) is 11.4 Å². The first-order chi connectivity index (χ1) is 17.5. The number of nitrogens with one attached hydrogen (secondary N) is 2. The van der Waals surface area contributed by atoms with E-state index >= 15 is 0 Å². The summed E-state index contributed by atoms with van der Waals surface area (Å²) < 4.78 is 21.9. The summed E-state index contributed by atoms with van der Waals surface area (Å²) >= 11 is 0. The van der Waals surface area contributed by atoms with Gasteiger partial charge in [0.05, 0.1) is 24.5 Å². The molecule has 0 aliphatic rings. The average molecular weight is 490 g/mol. The maximum Gasteiger partial charge on any atom is 0.287 e. The molecule has 0 radical (unpaired) electrons. The van der Waals surface area contributed by atoms with Crippen molar-refractivity contribution in [2.24, 2.45) is 0 Å². The topological polar surface area (TPSA) is 125 Å². The van der Waals surface area contributed by atoms with Crippen molar-refractivity contribution in [1.29, 1.82) is 0 Å². The number of nitrogen functional groups attached to an aromatic ring is 1. The van der Waals surface area contributed by atoms with Gasteiger partial charge in [0, 0.05) is 24.1 Å². The molecule has 4 N–H and O–H groups in total. The molecule has 0 aliphatic heterocycles. The van der Waals surface area contributed by atoms with E-state index in [4.69, 9.17) is 24.4 Å². The number of furan rings is 1. The van der Waals surface area contributed by atoms with Crippen LogP contribution < -0.4 is 25.8 Å². The number of amides is 2. The minimum Gasteiger partial charge on any atom is -0.492 e. The highest BCUT2D eigenvalue weighted by atomic mass is 16.5. The Bertz CT molecular complexity index is 1330. The fourth-order valence-corrected chi connectivity index (χ4v) is 3.38. The molecule has 186 valence electrons. The number of fused-ring (bicyclic) bond motifs is 1. The zero-order chi connectivity index (χ0) is 25.3. The molecule has 9 nitrogen and oxygen atoms in total. The molecule has 4 rings (SSSR count). The Labute approximate surface area is 208 Å². The summed E-state index contributed by atoms with van der Waals surface area (Å²) in [5.41, 5.74) is 7.94. The standard InChI is InChI=1S/C27H27N3O6/c1-33-14-15-35-21-11-8-19-16-25(36-24(19)17-21)27(32)29-12-13-34-20-9-6-18(7-10-20)26(31)30-23-5-3-2-4-22(23)28/h2-11,16-17H,12-15,28H2,1H3,(H,29,32)(H,30,31). The number of methoxy groups -OCH3 is 1. The van der Waals surface area contributed by atoms with Crippen molar-refractivity contribution in [3.05, 3.63) is 84.1 Å². The molecule has 0 spiro atoms. The number of benzene rings is 3. The highest BCUT2D eigenvalue weighted by molar-refractivity contribution is 6.05. The van der Waals surface area contributed by atoms with E-state index in [2.05, 4.69) is 10.6 Å². The lowest BCUT2D eigenvalue weighted by molar-refractivity contribution is 0.0920. The van der Waals surface area contributed by atoms with Crippen LogP contribution in [-0.4, -0.2) is 45.3 Å². The Morgan fingerprint density at radius 3 is 2.39 bits per heavy atom. The summed E-state index contributed by atoms with van der Waals surface area (Å²) in [6.07, 6.45) is 0. The largest absolute Gasteiger partial charge is 0.492 e. The van der Waals surface area contributed by atoms with Gasteiger partial charge >= 0.3 is 0 Å². The minimum absolute atomic E-state index is 0.202. The lowest BCUT2D eigenvalue weighted by Crippen LogP contribution is -2.27. The average Bonchev–Trinajstić information content (AvgIpc) is 3.32. The lowest BCUT2D eigenvalue weighted by Gasteiger charge is -2.09. The zero-order valence-electron chi connectivity index (χ0n) is 19.8. The molecule has 3 aromatic carbocycles. The van der Waals surface area contributed by atoms with E-state index in [0.717, 1.165) is 5.39 Å². The summed E-state index contributed by atoms with van der Waals surface area (Å²) in [5, 5.41) is 6.34. The van der Waals surface area contributed by atoms with Gasteiger partial charge in [-0.1, -0.05) is 12.1 Å². The number of carbonyl (C=O) groups is 2. The Kier molecular flexibility index (Phi) is 8.05. The number of para-hydroxylation sites is 2. The molecule has 0 saturated heterocycles. The minimum atomic E-state index is -0.344. The summed E-state index contributed by atoms with van der Waals surface area (Å²) in [6.45, 7) is 1.43. The number of nitrogens with two attached hydrogens (primary N) is 1. The molecule has 0 atom stereocenters. The van der Waals surface area contributed by atoms with E-state index in [0.29, 0.717) is 47.2 Å². The van der Waals surface area contributed by atoms with E-state index in [1.54, 1.807) is 67.8 Å². The first kappa shape index (κ1) is 24.6. The van der Waals surface area contributed by atoms with Crippen LogP contribution in [-0.2, 0) is 4.74 Å². The van der Waals surface area contributed by atoms with Crippen LogP contribution in [0.1, 0.15) is 20.9 Å². The molecule has 0 aliphatic carbocycles. The molecule has 4 aromatic rings. The van der Waals surface area contributed by atoms with Gasteiger partial charge in [-0.15, -0.1) is 0 Å². The quantitative estimate of drug-likeness (QED) is 0.214. The van der Waals surface area contributed by atoms with Crippen molar-refractivity contribution in [3.8, 4) is 11.5 Å². The Morgan fingerprint density at radius 2 is 1.61 bits per heavy atom. The number of carbonyl (C=O) groups excluding carboxylic acids is 2. The number of anilines is 2. The summed E-state index contributed by atoms with van der Waals surface area (Å²) in [6, 6.07) is 20.8. The molecule has 0 bridgehead atoms. The maximum atomic E-state index is 12.5.